The van der Waals surface area contributed by atoms with Crippen molar-refractivity contribution in [1.82, 2.24) is 20.5 Å². The van der Waals surface area contributed by atoms with Crippen LogP contribution in [0.5, 0.6) is 0 Å². The highest BCUT2D eigenvalue weighted by molar-refractivity contribution is 5.54. The number of hydrogen-bond acceptors (Lipinski definition) is 3. The maximum absolute atomic E-state index is 12.8. The van der Waals surface area contributed by atoms with Gasteiger partial charge >= 0.3 is 0 Å². The zero-order valence-corrected chi connectivity index (χ0v) is 9.99. The van der Waals surface area contributed by atoms with Crippen LogP contribution in [0.3, 0.4) is 0 Å². The van der Waals surface area contributed by atoms with E-state index in [0.717, 1.165) is 37.3 Å². The van der Waals surface area contributed by atoms with Crippen molar-refractivity contribution in [2.75, 3.05) is 13.1 Å². The van der Waals surface area contributed by atoms with E-state index < -0.39 is 0 Å². The summed E-state index contributed by atoms with van der Waals surface area (Å²) in [6.45, 7) is 2.02. The average Bonchev–Trinajstić information content (AvgIpc) is 2.90. The minimum absolute atomic E-state index is 0.244. The lowest BCUT2D eigenvalue weighted by Crippen LogP contribution is -2.28. The van der Waals surface area contributed by atoms with Crippen molar-refractivity contribution in [3.05, 3.63) is 35.9 Å². The zero-order valence-electron chi connectivity index (χ0n) is 9.99. The van der Waals surface area contributed by atoms with Crippen molar-refractivity contribution in [1.29, 1.82) is 0 Å². The molecule has 1 aliphatic rings. The zero-order chi connectivity index (χ0) is 12.4. The van der Waals surface area contributed by atoms with Crippen molar-refractivity contribution >= 4 is 0 Å². The molecule has 5 heteroatoms. The Labute approximate surface area is 105 Å². The number of rotatable bonds is 2. The van der Waals surface area contributed by atoms with Gasteiger partial charge in [0.15, 0.2) is 5.82 Å². The Hall–Kier alpha value is -1.75. The van der Waals surface area contributed by atoms with Crippen LogP contribution in [0.2, 0.25) is 0 Å². The Bertz CT molecular complexity index is 514. The summed E-state index contributed by atoms with van der Waals surface area (Å²) in [7, 11) is 0. The van der Waals surface area contributed by atoms with Gasteiger partial charge in [0.05, 0.1) is 0 Å². The Kier molecular flexibility index (Phi) is 3.06. The molecule has 94 valence electrons. The van der Waals surface area contributed by atoms with Crippen LogP contribution in [0.15, 0.2) is 24.3 Å². The fourth-order valence-electron chi connectivity index (χ4n) is 2.27. The number of aromatic amines is 1. The number of nitrogens with one attached hydrogen (secondary N) is 2. The van der Waals surface area contributed by atoms with E-state index in [1.165, 1.54) is 12.1 Å². The van der Waals surface area contributed by atoms with Crippen LogP contribution < -0.4 is 5.32 Å². The number of piperidine rings is 1. The third-order valence-electron chi connectivity index (χ3n) is 3.29. The van der Waals surface area contributed by atoms with E-state index in [-0.39, 0.29) is 5.82 Å². The molecule has 1 unspecified atom stereocenters. The first kappa shape index (κ1) is 11.3. The molecule has 3 rings (SSSR count). The molecule has 2 aromatic rings. The van der Waals surface area contributed by atoms with Crippen LogP contribution >= 0.6 is 0 Å². The average molecular weight is 246 g/mol. The highest BCUT2D eigenvalue weighted by Crippen LogP contribution is 2.22. The van der Waals surface area contributed by atoms with Gasteiger partial charge in [0.25, 0.3) is 0 Å². The maximum atomic E-state index is 12.8. The van der Waals surface area contributed by atoms with Crippen LogP contribution in [-0.2, 0) is 0 Å². The van der Waals surface area contributed by atoms with Crippen molar-refractivity contribution in [2.45, 2.75) is 18.8 Å². The molecule has 1 fully saturated rings. The minimum Gasteiger partial charge on any atom is -0.316 e. The number of aromatic nitrogens is 3. The molecule has 1 saturated heterocycles. The molecule has 0 aliphatic carbocycles. The van der Waals surface area contributed by atoms with E-state index in [0.29, 0.717) is 11.7 Å². The molecule has 2 heterocycles. The molecule has 1 atom stereocenters. The monoisotopic (exact) mass is 246 g/mol. The summed E-state index contributed by atoms with van der Waals surface area (Å²) in [5.41, 5.74) is 0.836. The van der Waals surface area contributed by atoms with Gasteiger partial charge < -0.3 is 5.32 Å². The third-order valence-corrected chi connectivity index (χ3v) is 3.29. The van der Waals surface area contributed by atoms with Crippen molar-refractivity contribution in [2.24, 2.45) is 0 Å². The van der Waals surface area contributed by atoms with E-state index in [1.807, 2.05) is 0 Å². The van der Waals surface area contributed by atoms with Gasteiger partial charge in [-0.2, -0.15) is 5.10 Å². The van der Waals surface area contributed by atoms with Crippen LogP contribution in [0.1, 0.15) is 24.6 Å². The van der Waals surface area contributed by atoms with Crippen LogP contribution in [0, 0.1) is 5.82 Å². The summed E-state index contributed by atoms with van der Waals surface area (Å²) in [4.78, 5) is 4.50. The summed E-state index contributed by atoms with van der Waals surface area (Å²) in [5.74, 6) is 1.71. The predicted octanol–water partition coefficient (Wildman–Crippen LogP) is 2.08. The quantitative estimate of drug-likeness (QED) is 0.853. The van der Waals surface area contributed by atoms with E-state index in [2.05, 4.69) is 20.5 Å². The SMILES string of the molecule is Fc1ccc(-c2n[nH]c(C3CCCNC3)n2)cc1. The molecule has 0 saturated carbocycles. The number of hydrogen-bond donors (Lipinski definition) is 2. The largest absolute Gasteiger partial charge is 0.316 e. The maximum Gasteiger partial charge on any atom is 0.181 e. The molecule has 4 nitrogen and oxygen atoms in total. The Morgan fingerprint density at radius 3 is 2.78 bits per heavy atom. The normalized spacial score (nSPS) is 19.9. The van der Waals surface area contributed by atoms with Gasteiger partial charge in [0, 0.05) is 18.0 Å². The lowest BCUT2D eigenvalue weighted by atomic mass is 9.99. The van der Waals surface area contributed by atoms with E-state index >= 15 is 0 Å². The third kappa shape index (κ3) is 2.26. The minimum atomic E-state index is -0.244. The molecule has 1 aromatic carbocycles. The lowest BCUT2D eigenvalue weighted by molar-refractivity contribution is 0.447. The second kappa shape index (κ2) is 4.86. The fourth-order valence-corrected chi connectivity index (χ4v) is 2.27. The first-order valence-corrected chi connectivity index (χ1v) is 6.22. The van der Waals surface area contributed by atoms with Crippen LogP contribution in [-0.4, -0.2) is 28.3 Å². The molecule has 1 aromatic heterocycles. The molecule has 0 amide bonds. The second-order valence-corrected chi connectivity index (χ2v) is 4.59. The summed E-state index contributed by atoms with van der Waals surface area (Å²) in [5, 5.41) is 10.6. The van der Waals surface area contributed by atoms with Gasteiger partial charge in [-0.15, -0.1) is 0 Å². The van der Waals surface area contributed by atoms with Crippen molar-refractivity contribution < 1.29 is 4.39 Å². The summed E-state index contributed by atoms with van der Waals surface area (Å²) < 4.78 is 12.8. The highest BCUT2D eigenvalue weighted by Gasteiger charge is 2.19. The van der Waals surface area contributed by atoms with Gasteiger partial charge in [0.2, 0.25) is 0 Å². The van der Waals surface area contributed by atoms with Gasteiger partial charge in [-0.25, -0.2) is 9.37 Å². The molecule has 2 N–H and O–H groups in total. The van der Waals surface area contributed by atoms with Crippen molar-refractivity contribution in [3.8, 4) is 11.4 Å². The predicted molar refractivity (Wildman–Crippen MR) is 66.6 cm³/mol. The van der Waals surface area contributed by atoms with Crippen molar-refractivity contribution in [3.63, 3.8) is 0 Å². The van der Waals surface area contributed by atoms with Gasteiger partial charge in [-0.3, -0.25) is 5.10 Å². The molecule has 0 spiro atoms. The fraction of sp³-hybridized carbons (Fsp3) is 0.385. The standard InChI is InChI=1S/C13H15FN4/c14-11-5-3-9(4-6-11)12-16-13(18-17-12)10-2-1-7-15-8-10/h3-6,10,15H,1-2,7-8H2,(H,16,17,18). The van der Waals surface area contributed by atoms with E-state index in [9.17, 15) is 4.39 Å². The first-order chi connectivity index (χ1) is 8.83. The summed E-state index contributed by atoms with van der Waals surface area (Å²) >= 11 is 0. The van der Waals surface area contributed by atoms with E-state index in [4.69, 9.17) is 0 Å². The summed E-state index contributed by atoms with van der Waals surface area (Å²) in [6, 6.07) is 6.24. The first-order valence-electron chi connectivity index (χ1n) is 6.22. The number of nitrogens with zero attached hydrogens (tertiary/aromatic N) is 2. The molecule has 0 bridgehead atoms. The van der Waals surface area contributed by atoms with Gasteiger partial charge in [-0.1, -0.05) is 0 Å². The lowest BCUT2D eigenvalue weighted by Gasteiger charge is -2.20. The smallest absolute Gasteiger partial charge is 0.181 e. The second-order valence-electron chi connectivity index (χ2n) is 4.59. The topological polar surface area (TPSA) is 53.6 Å². The molecule has 0 radical (unpaired) electrons. The number of benzene rings is 1. The van der Waals surface area contributed by atoms with Gasteiger partial charge in [-0.05, 0) is 43.7 Å². The Morgan fingerprint density at radius 2 is 2.06 bits per heavy atom. The van der Waals surface area contributed by atoms with Gasteiger partial charge in [0.1, 0.15) is 11.6 Å². The molecule has 18 heavy (non-hydrogen) atoms. The van der Waals surface area contributed by atoms with E-state index in [1.54, 1.807) is 12.1 Å². The Morgan fingerprint density at radius 1 is 1.22 bits per heavy atom. The van der Waals surface area contributed by atoms with Crippen LogP contribution in [0.25, 0.3) is 11.4 Å². The number of halogens is 1. The summed E-state index contributed by atoms with van der Waals surface area (Å²) in [6.07, 6.45) is 2.29. The molecular formula is C13H15FN4. The Balaban J connectivity index is 1.82. The highest BCUT2D eigenvalue weighted by atomic mass is 19.1. The molecule has 1 aliphatic heterocycles. The van der Waals surface area contributed by atoms with Crippen LogP contribution in [0.4, 0.5) is 4.39 Å². The number of H-pyrrole nitrogens is 1. The molecular weight excluding hydrogens is 231 g/mol.